The van der Waals surface area contributed by atoms with Gasteiger partial charge in [-0.3, -0.25) is 4.79 Å². The molecule has 1 saturated heterocycles. The van der Waals surface area contributed by atoms with E-state index in [9.17, 15) is 13.2 Å². The second-order valence-corrected chi connectivity index (χ2v) is 6.46. The Morgan fingerprint density at radius 2 is 2.06 bits per heavy atom. The number of hydrogen-bond donors (Lipinski definition) is 1. The normalized spacial score (nSPS) is 20.1. The lowest BCUT2D eigenvalue weighted by Gasteiger charge is -2.23. The van der Waals surface area contributed by atoms with Crippen molar-refractivity contribution in [2.45, 2.75) is 18.9 Å². The SMILES string of the molecule is CS(=O)(=O)CC(COC1CCOCC1)C(=O)O. The number of carboxylic acid groups (broad SMARTS) is 1. The van der Waals surface area contributed by atoms with Crippen molar-refractivity contribution >= 4 is 15.8 Å². The van der Waals surface area contributed by atoms with Crippen LogP contribution in [-0.2, 0) is 24.1 Å². The Balaban J connectivity index is 2.41. The largest absolute Gasteiger partial charge is 0.481 e. The van der Waals surface area contributed by atoms with E-state index >= 15 is 0 Å². The molecule has 1 aliphatic heterocycles. The molecule has 0 aliphatic carbocycles. The van der Waals surface area contributed by atoms with Gasteiger partial charge in [0.05, 0.1) is 24.4 Å². The van der Waals surface area contributed by atoms with Gasteiger partial charge in [0.25, 0.3) is 0 Å². The summed E-state index contributed by atoms with van der Waals surface area (Å²) < 4.78 is 32.7. The van der Waals surface area contributed by atoms with Gasteiger partial charge in [0.2, 0.25) is 0 Å². The Kier molecular flexibility index (Phi) is 5.35. The van der Waals surface area contributed by atoms with E-state index in [0.29, 0.717) is 13.2 Å². The lowest BCUT2D eigenvalue weighted by Crippen LogP contribution is -2.31. The van der Waals surface area contributed by atoms with E-state index in [1.807, 2.05) is 0 Å². The van der Waals surface area contributed by atoms with Crippen LogP contribution in [0.5, 0.6) is 0 Å². The molecule has 0 radical (unpaired) electrons. The molecule has 1 rings (SSSR count). The summed E-state index contributed by atoms with van der Waals surface area (Å²) in [4.78, 5) is 10.9. The third-order valence-electron chi connectivity index (χ3n) is 2.55. The summed E-state index contributed by atoms with van der Waals surface area (Å²) in [6.07, 6.45) is 2.46. The Morgan fingerprint density at radius 1 is 1.47 bits per heavy atom. The van der Waals surface area contributed by atoms with Gasteiger partial charge in [-0.2, -0.15) is 0 Å². The molecule has 1 atom stereocenters. The minimum Gasteiger partial charge on any atom is -0.481 e. The van der Waals surface area contributed by atoms with E-state index in [-0.39, 0.29) is 18.5 Å². The minimum atomic E-state index is -3.31. The van der Waals surface area contributed by atoms with Gasteiger partial charge in [-0.1, -0.05) is 0 Å². The van der Waals surface area contributed by atoms with Crippen LogP contribution in [0.25, 0.3) is 0 Å². The summed E-state index contributed by atoms with van der Waals surface area (Å²) in [6, 6.07) is 0. The second kappa shape index (κ2) is 6.32. The number of ether oxygens (including phenoxy) is 2. The Bertz CT molecular complexity index is 344. The number of hydrogen-bond acceptors (Lipinski definition) is 5. The predicted molar refractivity (Wildman–Crippen MR) is 60.6 cm³/mol. The standard InChI is InChI=1S/C10H18O6S/c1-17(13,14)7-8(10(11)12)6-16-9-2-4-15-5-3-9/h8-9H,2-7H2,1H3,(H,11,12). The van der Waals surface area contributed by atoms with Crippen molar-refractivity contribution in [3.05, 3.63) is 0 Å². The predicted octanol–water partition coefficient (Wildman–Crippen LogP) is -0.0726. The third kappa shape index (κ3) is 5.99. The molecule has 1 aliphatic rings. The summed E-state index contributed by atoms with van der Waals surface area (Å²) in [5.41, 5.74) is 0. The van der Waals surface area contributed by atoms with Crippen LogP contribution in [0.1, 0.15) is 12.8 Å². The van der Waals surface area contributed by atoms with Crippen molar-refractivity contribution in [2.24, 2.45) is 5.92 Å². The van der Waals surface area contributed by atoms with Crippen molar-refractivity contribution in [1.29, 1.82) is 0 Å². The van der Waals surface area contributed by atoms with Crippen LogP contribution < -0.4 is 0 Å². The summed E-state index contributed by atoms with van der Waals surface area (Å²) in [5, 5.41) is 8.90. The zero-order valence-electron chi connectivity index (χ0n) is 9.79. The molecule has 1 heterocycles. The zero-order valence-corrected chi connectivity index (χ0v) is 10.6. The molecule has 1 unspecified atom stereocenters. The maximum absolute atomic E-state index is 11.1. The van der Waals surface area contributed by atoms with Gasteiger partial charge in [0.15, 0.2) is 0 Å². The van der Waals surface area contributed by atoms with Crippen molar-refractivity contribution < 1.29 is 27.8 Å². The fourth-order valence-electron chi connectivity index (χ4n) is 1.65. The van der Waals surface area contributed by atoms with Gasteiger partial charge in [-0.15, -0.1) is 0 Å². The van der Waals surface area contributed by atoms with E-state index in [4.69, 9.17) is 14.6 Å². The fourth-order valence-corrected chi connectivity index (χ4v) is 2.62. The van der Waals surface area contributed by atoms with Crippen LogP contribution in [0.15, 0.2) is 0 Å². The third-order valence-corrected chi connectivity index (χ3v) is 3.56. The maximum atomic E-state index is 11.1. The van der Waals surface area contributed by atoms with E-state index in [1.165, 1.54) is 0 Å². The van der Waals surface area contributed by atoms with Gasteiger partial charge in [-0.05, 0) is 12.8 Å². The van der Waals surface area contributed by atoms with Crippen LogP contribution in [0.2, 0.25) is 0 Å². The highest BCUT2D eigenvalue weighted by Crippen LogP contribution is 2.13. The first-order valence-electron chi connectivity index (χ1n) is 5.48. The molecule has 1 N–H and O–H groups in total. The summed E-state index contributed by atoms with van der Waals surface area (Å²) >= 11 is 0. The molecule has 100 valence electrons. The molecule has 0 aromatic heterocycles. The maximum Gasteiger partial charge on any atom is 0.309 e. The minimum absolute atomic E-state index is 0.0230. The highest BCUT2D eigenvalue weighted by atomic mass is 32.2. The molecule has 0 aromatic carbocycles. The van der Waals surface area contributed by atoms with Crippen LogP contribution in [-0.4, -0.2) is 57.4 Å². The van der Waals surface area contributed by atoms with Gasteiger partial charge in [-0.25, -0.2) is 8.42 Å². The first-order valence-corrected chi connectivity index (χ1v) is 7.54. The zero-order chi connectivity index (χ0) is 12.9. The average molecular weight is 266 g/mol. The first-order chi connectivity index (χ1) is 7.88. The number of sulfone groups is 1. The molecule has 1 fully saturated rings. The summed E-state index contributed by atoms with van der Waals surface area (Å²) in [6.45, 7) is 1.15. The number of carboxylic acids is 1. The monoisotopic (exact) mass is 266 g/mol. The van der Waals surface area contributed by atoms with Crippen molar-refractivity contribution in [3.8, 4) is 0 Å². The van der Waals surface area contributed by atoms with Gasteiger partial charge < -0.3 is 14.6 Å². The lowest BCUT2D eigenvalue weighted by atomic mass is 10.1. The molecule has 0 bridgehead atoms. The van der Waals surface area contributed by atoms with Gasteiger partial charge in [0, 0.05) is 19.5 Å². The van der Waals surface area contributed by atoms with Crippen molar-refractivity contribution in [3.63, 3.8) is 0 Å². The van der Waals surface area contributed by atoms with E-state index < -0.39 is 21.7 Å². The van der Waals surface area contributed by atoms with E-state index in [2.05, 4.69) is 0 Å². The molecule has 17 heavy (non-hydrogen) atoms. The molecule has 0 aromatic rings. The van der Waals surface area contributed by atoms with Crippen LogP contribution in [0.4, 0.5) is 0 Å². The van der Waals surface area contributed by atoms with E-state index in [0.717, 1.165) is 19.1 Å². The smallest absolute Gasteiger partial charge is 0.309 e. The highest BCUT2D eigenvalue weighted by Gasteiger charge is 2.25. The van der Waals surface area contributed by atoms with Crippen LogP contribution in [0, 0.1) is 5.92 Å². The van der Waals surface area contributed by atoms with Crippen molar-refractivity contribution in [2.75, 3.05) is 31.8 Å². The van der Waals surface area contributed by atoms with Gasteiger partial charge >= 0.3 is 5.97 Å². The van der Waals surface area contributed by atoms with Gasteiger partial charge in [0.1, 0.15) is 9.84 Å². The molecule has 0 saturated carbocycles. The molecular formula is C10H18O6S. The lowest BCUT2D eigenvalue weighted by molar-refractivity contribution is -0.144. The Hall–Kier alpha value is -0.660. The number of carbonyl (C=O) groups is 1. The second-order valence-electron chi connectivity index (χ2n) is 4.27. The number of aliphatic carboxylic acids is 1. The van der Waals surface area contributed by atoms with Crippen molar-refractivity contribution in [1.82, 2.24) is 0 Å². The Labute approximate surface area is 101 Å². The quantitative estimate of drug-likeness (QED) is 0.723. The van der Waals surface area contributed by atoms with E-state index in [1.54, 1.807) is 0 Å². The molecule has 0 spiro atoms. The average Bonchev–Trinajstić information content (AvgIpc) is 2.24. The Morgan fingerprint density at radius 3 is 2.53 bits per heavy atom. The molecule has 7 heteroatoms. The molecule has 0 amide bonds. The topological polar surface area (TPSA) is 89.9 Å². The molecular weight excluding hydrogens is 248 g/mol. The summed E-state index contributed by atoms with van der Waals surface area (Å²) in [7, 11) is -3.31. The fraction of sp³-hybridized carbons (Fsp3) is 0.900. The first kappa shape index (κ1) is 14.4. The molecule has 6 nitrogen and oxygen atoms in total. The number of rotatable bonds is 6. The van der Waals surface area contributed by atoms with Crippen LogP contribution in [0.3, 0.4) is 0 Å². The van der Waals surface area contributed by atoms with Crippen LogP contribution >= 0.6 is 0 Å². The highest BCUT2D eigenvalue weighted by molar-refractivity contribution is 7.90. The summed E-state index contributed by atoms with van der Waals surface area (Å²) in [5.74, 6) is -2.51.